The largest absolute Gasteiger partial charge is 0.203 e. The number of hydrogen-bond donors (Lipinski definition) is 0. The molecule has 60 valence electrons. The quantitative estimate of drug-likeness (QED) is 0.638. The molecule has 0 amide bonds. The summed E-state index contributed by atoms with van der Waals surface area (Å²) in [5.74, 6) is -1.55. The van der Waals surface area contributed by atoms with Crippen molar-refractivity contribution >= 4 is 15.9 Å². The van der Waals surface area contributed by atoms with Crippen LogP contribution in [0.15, 0.2) is 16.6 Å². The van der Waals surface area contributed by atoms with Crippen LogP contribution in [-0.2, 0) is 6.42 Å². The van der Waals surface area contributed by atoms with E-state index in [0.29, 0.717) is 12.0 Å². The van der Waals surface area contributed by atoms with Crippen LogP contribution in [0.3, 0.4) is 0 Å². The van der Waals surface area contributed by atoms with Gasteiger partial charge in [-0.3, -0.25) is 0 Å². The van der Waals surface area contributed by atoms with Gasteiger partial charge in [0.1, 0.15) is 0 Å². The van der Waals surface area contributed by atoms with Gasteiger partial charge in [0.2, 0.25) is 0 Å². The molecule has 0 N–H and O–H groups in total. The molecule has 0 nitrogen and oxygen atoms in total. The van der Waals surface area contributed by atoms with E-state index in [1.165, 1.54) is 6.07 Å². The van der Waals surface area contributed by atoms with Crippen LogP contribution < -0.4 is 0 Å². The van der Waals surface area contributed by atoms with Crippen molar-refractivity contribution in [2.24, 2.45) is 0 Å². The molecule has 0 saturated carbocycles. The molecule has 0 aliphatic carbocycles. The van der Waals surface area contributed by atoms with Crippen LogP contribution in [-0.4, -0.2) is 0 Å². The molecule has 0 saturated heterocycles. The van der Waals surface area contributed by atoms with E-state index in [4.69, 9.17) is 0 Å². The second-order valence-corrected chi connectivity index (χ2v) is 3.04. The van der Waals surface area contributed by atoms with Crippen molar-refractivity contribution in [2.75, 3.05) is 0 Å². The van der Waals surface area contributed by atoms with Crippen LogP contribution in [0.5, 0.6) is 0 Å². The minimum Gasteiger partial charge on any atom is -0.203 e. The Hall–Kier alpha value is -0.440. The van der Waals surface area contributed by atoms with E-state index in [0.717, 1.165) is 0 Å². The molecule has 0 radical (unpaired) electrons. The third-order valence-electron chi connectivity index (χ3n) is 1.50. The Labute approximate surface area is 72.4 Å². The standard InChI is InChI=1S/C8H7BrF2/c1-2-5-3-4-6(9)8(11)7(5)10/h3-4H,2H2,1H3. The first-order valence-electron chi connectivity index (χ1n) is 3.29. The van der Waals surface area contributed by atoms with Gasteiger partial charge >= 0.3 is 0 Å². The molecule has 0 aliphatic heterocycles. The summed E-state index contributed by atoms with van der Waals surface area (Å²) in [6.07, 6.45) is 0.510. The lowest BCUT2D eigenvalue weighted by atomic mass is 10.1. The molecule has 0 heterocycles. The summed E-state index contributed by atoms with van der Waals surface area (Å²) in [5.41, 5.74) is 0.408. The lowest BCUT2D eigenvalue weighted by Crippen LogP contribution is -1.92. The molecule has 0 atom stereocenters. The van der Waals surface area contributed by atoms with Gasteiger partial charge in [-0.25, -0.2) is 8.78 Å². The van der Waals surface area contributed by atoms with Crippen LogP contribution >= 0.6 is 15.9 Å². The molecule has 0 bridgehead atoms. The van der Waals surface area contributed by atoms with E-state index >= 15 is 0 Å². The molecular weight excluding hydrogens is 214 g/mol. The highest BCUT2D eigenvalue weighted by atomic mass is 79.9. The van der Waals surface area contributed by atoms with Gasteiger partial charge in [-0.1, -0.05) is 13.0 Å². The SMILES string of the molecule is CCc1ccc(Br)c(F)c1F. The molecule has 0 aliphatic rings. The highest BCUT2D eigenvalue weighted by molar-refractivity contribution is 9.10. The van der Waals surface area contributed by atoms with E-state index in [1.54, 1.807) is 13.0 Å². The zero-order chi connectivity index (χ0) is 8.43. The molecule has 0 unspecified atom stereocenters. The molecule has 11 heavy (non-hydrogen) atoms. The summed E-state index contributed by atoms with van der Waals surface area (Å²) in [7, 11) is 0. The predicted octanol–water partition coefficient (Wildman–Crippen LogP) is 3.29. The van der Waals surface area contributed by atoms with Gasteiger partial charge in [-0.05, 0) is 34.0 Å². The highest BCUT2D eigenvalue weighted by Crippen LogP contribution is 2.20. The molecule has 0 fully saturated rings. The van der Waals surface area contributed by atoms with Crippen molar-refractivity contribution in [3.05, 3.63) is 33.8 Å². The Bertz CT molecular complexity index is 271. The van der Waals surface area contributed by atoms with Crippen LogP contribution in [0.1, 0.15) is 12.5 Å². The van der Waals surface area contributed by atoms with E-state index in [1.807, 2.05) is 0 Å². The maximum absolute atomic E-state index is 12.9. The molecular formula is C8H7BrF2. The fourth-order valence-corrected chi connectivity index (χ4v) is 1.15. The lowest BCUT2D eigenvalue weighted by molar-refractivity contribution is 0.495. The third kappa shape index (κ3) is 1.59. The normalized spacial score (nSPS) is 10.2. The zero-order valence-corrected chi connectivity index (χ0v) is 7.58. The van der Waals surface area contributed by atoms with Crippen LogP contribution in [0.2, 0.25) is 0 Å². The second-order valence-electron chi connectivity index (χ2n) is 2.19. The summed E-state index contributed by atoms with van der Waals surface area (Å²) < 4.78 is 25.8. The minimum atomic E-state index is -0.802. The highest BCUT2D eigenvalue weighted by Gasteiger charge is 2.09. The third-order valence-corrected chi connectivity index (χ3v) is 2.11. The summed E-state index contributed by atoms with van der Waals surface area (Å²) >= 11 is 2.89. The molecule has 0 spiro atoms. The van der Waals surface area contributed by atoms with Gasteiger partial charge in [0.25, 0.3) is 0 Å². The Morgan fingerprint density at radius 1 is 1.27 bits per heavy atom. The number of halogens is 3. The maximum atomic E-state index is 12.9. The number of rotatable bonds is 1. The van der Waals surface area contributed by atoms with Crippen LogP contribution in [0, 0.1) is 11.6 Å². The Morgan fingerprint density at radius 2 is 1.91 bits per heavy atom. The lowest BCUT2D eigenvalue weighted by Gasteiger charge is -2.00. The van der Waals surface area contributed by atoms with Crippen LogP contribution in [0.25, 0.3) is 0 Å². The fraction of sp³-hybridized carbons (Fsp3) is 0.250. The Morgan fingerprint density at radius 3 is 2.45 bits per heavy atom. The summed E-state index contributed by atoms with van der Waals surface area (Å²) in [6, 6.07) is 3.08. The summed E-state index contributed by atoms with van der Waals surface area (Å²) in [5, 5.41) is 0. The second kappa shape index (κ2) is 3.30. The first-order chi connectivity index (χ1) is 5.16. The number of hydrogen-bond acceptors (Lipinski definition) is 0. The van der Waals surface area contributed by atoms with Gasteiger partial charge in [-0.2, -0.15) is 0 Å². The average Bonchev–Trinajstić information content (AvgIpc) is 2.01. The van der Waals surface area contributed by atoms with Gasteiger partial charge in [0, 0.05) is 0 Å². The Kier molecular flexibility index (Phi) is 2.60. The van der Waals surface area contributed by atoms with Crippen LogP contribution in [0.4, 0.5) is 8.78 Å². The average molecular weight is 221 g/mol. The van der Waals surface area contributed by atoms with Crippen molar-refractivity contribution in [1.29, 1.82) is 0 Å². The van der Waals surface area contributed by atoms with E-state index in [9.17, 15) is 8.78 Å². The van der Waals surface area contributed by atoms with Gasteiger partial charge in [0.05, 0.1) is 4.47 Å². The van der Waals surface area contributed by atoms with Crippen molar-refractivity contribution in [3.63, 3.8) is 0 Å². The fourth-order valence-electron chi connectivity index (χ4n) is 0.839. The molecule has 3 heteroatoms. The summed E-state index contributed by atoms with van der Waals surface area (Å²) in [6.45, 7) is 1.78. The van der Waals surface area contributed by atoms with Crippen molar-refractivity contribution in [1.82, 2.24) is 0 Å². The smallest absolute Gasteiger partial charge is 0.173 e. The van der Waals surface area contributed by atoms with Crippen molar-refractivity contribution in [3.8, 4) is 0 Å². The van der Waals surface area contributed by atoms with Gasteiger partial charge < -0.3 is 0 Å². The monoisotopic (exact) mass is 220 g/mol. The molecule has 1 aromatic carbocycles. The first kappa shape index (κ1) is 8.65. The van der Waals surface area contributed by atoms with Gasteiger partial charge in [-0.15, -0.1) is 0 Å². The topological polar surface area (TPSA) is 0 Å². The number of benzene rings is 1. The molecule has 1 aromatic rings. The van der Waals surface area contributed by atoms with E-state index < -0.39 is 11.6 Å². The maximum Gasteiger partial charge on any atom is 0.173 e. The zero-order valence-electron chi connectivity index (χ0n) is 6.00. The Balaban J connectivity index is 3.25. The minimum absolute atomic E-state index is 0.173. The van der Waals surface area contributed by atoms with Crippen molar-refractivity contribution in [2.45, 2.75) is 13.3 Å². The predicted molar refractivity (Wildman–Crippen MR) is 43.4 cm³/mol. The number of aryl methyl sites for hydroxylation is 1. The summed E-state index contributed by atoms with van der Waals surface area (Å²) in [4.78, 5) is 0. The van der Waals surface area contributed by atoms with Crippen molar-refractivity contribution < 1.29 is 8.78 Å². The first-order valence-corrected chi connectivity index (χ1v) is 4.08. The van der Waals surface area contributed by atoms with E-state index in [-0.39, 0.29) is 4.47 Å². The molecule has 0 aromatic heterocycles. The molecule has 1 rings (SSSR count). The van der Waals surface area contributed by atoms with E-state index in [2.05, 4.69) is 15.9 Å². The van der Waals surface area contributed by atoms with Gasteiger partial charge in [0.15, 0.2) is 11.6 Å².